The molecule has 1 aliphatic heterocycles. The maximum atomic E-state index is 5.78. The van der Waals surface area contributed by atoms with Gasteiger partial charge >= 0.3 is 0 Å². The van der Waals surface area contributed by atoms with Gasteiger partial charge in [-0.2, -0.15) is 8.22 Å². The van der Waals surface area contributed by atoms with Crippen LogP contribution in [0.25, 0.3) is 0 Å². The molecule has 0 saturated carbocycles. The highest BCUT2D eigenvalue weighted by Gasteiger charge is 2.21. The molecule has 2 rings (SSSR count). The molecule has 0 saturated heterocycles. The molecule has 0 fully saturated rings. The second kappa shape index (κ2) is 3.51. The first-order valence-corrected chi connectivity index (χ1v) is 5.43. The van der Waals surface area contributed by atoms with Crippen LogP contribution < -0.4 is 0 Å². The number of hydrogen-bond donors (Lipinski definition) is 0. The van der Waals surface area contributed by atoms with Crippen molar-refractivity contribution in [1.82, 2.24) is 13.8 Å². The molecular formula is C5H3ClN4S2. The van der Waals surface area contributed by atoms with E-state index in [-0.39, 0.29) is 0 Å². The molecule has 1 aliphatic rings. The summed E-state index contributed by atoms with van der Waals surface area (Å²) in [5, 5.41) is 0. The molecule has 2 heterocycles. The minimum Gasteiger partial charge on any atom is -0.234 e. The van der Waals surface area contributed by atoms with Crippen LogP contribution in [-0.2, 0) is 0 Å². The van der Waals surface area contributed by atoms with Gasteiger partial charge in [0, 0.05) is 24.2 Å². The van der Waals surface area contributed by atoms with Crippen molar-refractivity contribution in [3.63, 3.8) is 0 Å². The van der Waals surface area contributed by atoms with Gasteiger partial charge in [0.15, 0.2) is 5.82 Å². The van der Waals surface area contributed by atoms with Crippen LogP contribution in [0.4, 0.5) is 0 Å². The van der Waals surface area contributed by atoms with E-state index in [4.69, 9.17) is 11.8 Å². The Morgan fingerprint density at radius 1 is 1.33 bits per heavy atom. The van der Waals surface area contributed by atoms with Crippen molar-refractivity contribution in [3.8, 4) is 0 Å². The van der Waals surface area contributed by atoms with Crippen LogP contribution in [0.5, 0.6) is 0 Å². The van der Waals surface area contributed by atoms with Crippen LogP contribution in [0.15, 0.2) is 22.9 Å². The molecule has 12 heavy (non-hydrogen) atoms. The quantitative estimate of drug-likeness (QED) is 0.409. The third-order valence-corrected chi connectivity index (χ3v) is 3.26. The summed E-state index contributed by atoms with van der Waals surface area (Å²) in [4.78, 5) is 8.03. The van der Waals surface area contributed by atoms with Gasteiger partial charge in [-0.15, -0.1) is 0 Å². The summed E-state index contributed by atoms with van der Waals surface area (Å²) in [5.74, 6) is 1.14. The van der Waals surface area contributed by atoms with Crippen molar-refractivity contribution in [2.24, 2.45) is 4.40 Å². The first-order chi connectivity index (χ1) is 5.88. The smallest absolute Gasteiger partial charge is 0.208 e. The second-order valence-corrected chi connectivity index (χ2v) is 4.16. The molecule has 0 amide bonds. The fourth-order valence-corrected chi connectivity index (χ4v) is 2.34. The number of halogens is 1. The summed E-state index contributed by atoms with van der Waals surface area (Å²) in [5.41, 5.74) is 0. The van der Waals surface area contributed by atoms with Crippen molar-refractivity contribution in [1.29, 1.82) is 0 Å². The fourth-order valence-electron chi connectivity index (χ4n) is 0.683. The Kier molecular flexibility index (Phi) is 2.38. The molecular weight excluding hydrogens is 216 g/mol. The van der Waals surface area contributed by atoms with Crippen molar-refractivity contribution in [3.05, 3.63) is 24.3 Å². The third kappa shape index (κ3) is 1.50. The second-order valence-electron chi connectivity index (χ2n) is 1.88. The van der Waals surface area contributed by atoms with Gasteiger partial charge in [0.1, 0.15) is 0 Å². The summed E-state index contributed by atoms with van der Waals surface area (Å²) in [6, 6.07) is 1.75. The number of hydrogen-bond acceptors (Lipinski definition) is 6. The Balaban J connectivity index is 2.31. The van der Waals surface area contributed by atoms with Crippen molar-refractivity contribution < 1.29 is 0 Å². The summed E-state index contributed by atoms with van der Waals surface area (Å²) in [6.07, 6.45) is 3.31. The standard InChI is InChI=1S/C5H3ClN4S2/c6-10-5(9-11-12-10)4-7-2-1-3-8-4/h1-3H. The number of rotatable bonds is 1. The topological polar surface area (TPSA) is 41.4 Å². The fraction of sp³-hybridized carbons (Fsp3) is 0. The van der Waals surface area contributed by atoms with Crippen LogP contribution >= 0.6 is 33.7 Å². The van der Waals surface area contributed by atoms with Gasteiger partial charge in [0.2, 0.25) is 5.84 Å². The molecule has 0 atom stereocenters. The molecule has 0 N–H and O–H groups in total. The Hall–Kier alpha value is -0.460. The maximum Gasteiger partial charge on any atom is 0.208 e. The van der Waals surface area contributed by atoms with Crippen LogP contribution in [0.3, 0.4) is 0 Å². The average molecular weight is 219 g/mol. The molecule has 7 heteroatoms. The van der Waals surface area contributed by atoms with E-state index in [0.29, 0.717) is 11.7 Å². The lowest BCUT2D eigenvalue weighted by Crippen LogP contribution is -2.14. The predicted molar refractivity (Wildman–Crippen MR) is 51.4 cm³/mol. The van der Waals surface area contributed by atoms with Gasteiger partial charge in [-0.1, -0.05) is 0 Å². The van der Waals surface area contributed by atoms with E-state index in [2.05, 4.69) is 14.4 Å². The van der Waals surface area contributed by atoms with E-state index in [1.165, 1.54) is 25.8 Å². The lowest BCUT2D eigenvalue weighted by atomic mass is 10.5. The van der Waals surface area contributed by atoms with E-state index in [0.717, 1.165) is 0 Å². The first kappa shape index (κ1) is 8.15. The lowest BCUT2D eigenvalue weighted by Gasteiger charge is -2.03. The molecule has 0 bridgehead atoms. The highest BCUT2D eigenvalue weighted by atomic mass is 35.5. The average Bonchev–Trinajstić information content (AvgIpc) is 2.53. The van der Waals surface area contributed by atoms with E-state index < -0.39 is 0 Å². The largest absolute Gasteiger partial charge is 0.234 e. The maximum absolute atomic E-state index is 5.78. The zero-order valence-electron chi connectivity index (χ0n) is 5.72. The minimum atomic E-state index is 0.546. The van der Waals surface area contributed by atoms with Gasteiger partial charge in [-0.25, -0.2) is 9.97 Å². The Morgan fingerprint density at radius 3 is 2.67 bits per heavy atom. The SMILES string of the molecule is ClN1SSN=C1c1ncccn1. The van der Waals surface area contributed by atoms with Crippen molar-refractivity contribution in [2.75, 3.05) is 0 Å². The summed E-state index contributed by atoms with van der Waals surface area (Å²) < 4.78 is 5.47. The summed E-state index contributed by atoms with van der Waals surface area (Å²) in [6.45, 7) is 0. The monoisotopic (exact) mass is 218 g/mol. The first-order valence-electron chi connectivity index (χ1n) is 3.03. The zero-order valence-corrected chi connectivity index (χ0v) is 8.10. The highest BCUT2D eigenvalue weighted by Crippen LogP contribution is 2.37. The van der Waals surface area contributed by atoms with Crippen LogP contribution in [-0.4, -0.2) is 19.6 Å². The van der Waals surface area contributed by atoms with Gasteiger partial charge in [0.25, 0.3) is 0 Å². The normalized spacial score (nSPS) is 16.4. The summed E-state index contributed by atoms with van der Waals surface area (Å²) >= 11 is 5.78. The van der Waals surface area contributed by atoms with E-state index >= 15 is 0 Å². The van der Waals surface area contributed by atoms with E-state index in [1.54, 1.807) is 18.5 Å². The minimum absolute atomic E-state index is 0.546. The number of aromatic nitrogens is 2. The highest BCUT2D eigenvalue weighted by molar-refractivity contribution is 8.76. The Bertz CT molecular complexity index is 304. The summed E-state index contributed by atoms with van der Waals surface area (Å²) in [7, 11) is 2.64. The number of nitrogens with zero attached hydrogens (tertiary/aromatic N) is 4. The Morgan fingerprint density at radius 2 is 2.08 bits per heavy atom. The zero-order chi connectivity index (χ0) is 8.39. The van der Waals surface area contributed by atoms with Gasteiger partial charge in [-0.3, -0.25) is 0 Å². The molecule has 0 spiro atoms. The van der Waals surface area contributed by atoms with Crippen LogP contribution in [0.2, 0.25) is 0 Å². The molecule has 0 radical (unpaired) electrons. The molecule has 0 aliphatic carbocycles. The molecule has 4 nitrogen and oxygen atoms in total. The van der Waals surface area contributed by atoms with E-state index in [1.807, 2.05) is 0 Å². The molecule has 1 aromatic rings. The van der Waals surface area contributed by atoms with Crippen molar-refractivity contribution in [2.45, 2.75) is 0 Å². The number of amidine groups is 1. The molecule has 62 valence electrons. The molecule has 0 aromatic carbocycles. The van der Waals surface area contributed by atoms with Gasteiger partial charge in [-0.05, 0) is 6.07 Å². The third-order valence-electron chi connectivity index (χ3n) is 1.15. The van der Waals surface area contributed by atoms with Crippen LogP contribution in [0, 0.1) is 0 Å². The van der Waals surface area contributed by atoms with Gasteiger partial charge in [0.05, 0.1) is 22.0 Å². The predicted octanol–water partition coefficient (Wildman–Crippen LogP) is 1.90. The molecule has 1 aromatic heterocycles. The Labute approximate surface area is 82.2 Å². The molecule has 0 unspecified atom stereocenters. The van der Waals surface area contributed by atoms with Crippen LogP contribution in [0.1, 0.15) is 5.82 Å². The lowest BCUT2D eigenvalue weighted by molar-refractivity contribution is 1.04. The van der Waals surface area contributed by atoms with E-state index in [9.17, 15) is 0 Å². The van der Waals surface area contributed by atoms with Crippen molar-refractivity contribution >= 4 is 39.6 Å². The van der Waals surface area contributed by atoms with Gasteiger partial charge < -0.3 is 0 Å².